The summed E-state index contributed by atoms with van der Waals surface area (Å²) in [4.78, 5) is 10.8. The fourth-order valence-corrected chi connectivity index (χ4v) is 1.19. The van der Waals surface area contributed by atoms with E-state index in [-0.39, 0.29) is 11.5 Å². The van der Waals surface area contributed by atoms with Gasteiger partial charge in [-0.2, -0.15) is 0 Å². The molecule has 3 heteroatoms. The zero-order valence-electron chi connectivity index (χ0n) is 7.67. The normalized spacial score (nSPS) is 10.5. The van der Waals surface area contributed by atoms with Gasteiger partial charge in [0.25, 0.3) is 5.91 Å². The van der Waals surface area contributed by atoms with Crippen LogP contribution in [0.4, 0.5) is 4.39 Å². The van der Waals surface area contributed by atoms with Crippen molar-refractivity contribution in [1.29, 1.82) is 0 Å². The number of halogens is 1. The summed E-state index contributed by atoms with van der Waals surface area (Å²) >= 11 is 0. The molecule has 0 aliphatic heterocycles. The minimum atomic E-state index is -0.722. The van der Waals surface area contributed by atoms with E-state index in [1.807, 2.05) is 13.8 Å². The maximum atomic E-state index is 13.5. The quantitative estimate of drug-likeness (QED) is 0.745. The van der Waals surface area contributed by atoms with Crippen LogP contribution in [0, 0.1) is 5.82 Å². The molecule has 0 fully saturated rings. The van der Waals surface area contributed by atoms with Crippen molar-refractivity contribution >= 4 is 5.91 Å². The maximum Gasteiger partial charge on any atom is 0.251 e. The van der Waals surface area contributed by atoms with Gasteiger partial charge in [0.15, 0.2) is 0 Å². The lowest BCUT2D eigenvalue weighted by Crippen LogP contribution is -2.14. The van der Waals surface area contributed by atoms with E-state index in [2.05, 4.69) is 0 Å². The highest BCUT2D eigenvalue weighted by Gasteiger charge is 2.13. The van der Waals surface area contributed by atoms with Crippen molar-refractivity contribution in [3.8, 4) is 0 Å². The first-order chi connectivity index (χ1) is 6.04. The van der Waals surface area contributed by atoms with Crippen molar-refractivity contribution in [3.05, 3.63) is 35.1 Å². The van der Waals surface area contributed by atoms with Crippen LogP contribution in [0.25, 0.3) is 0 Å². The largest absolute Gasteiger partial charge is 0.366 e. The van der Waals surface area contributed by atoms with E-state index in [9.17, 15) is 9.18 Å². The van der Waals surface area contributed by atoms with Crippen molar-refractivity contribution in [2.24, 2.45) is 5.73 Å². The van der Waals surface area contributed by atoms with Crippen LogP contribution in [0.5, 0.6) is 0 Å². The van der Waals surface area contributed by atoms with Crippen molar-refractivity contribution in [3.63, 3.8) is 0 Å². The van der Waals surface area contributed by atoms with Gasteiger partial charge in [0, 0.05) is 0 Å². The SMILES string of the molecule is CC(C)c1cccc(C(N)=O)c1F. The molecule has 0 saturated carbocycles. The number of nitrogens with two attached hydrogens (primary N) is 1. The van der Waals surface area contributed by atoms with Crippen LogP contribution in [0.1, 0.15) is 35.7 Å². The molecular formula is C10H12FNO. The van der Waals surface area contributed by atoms with Gasteiger partial charge in [0.2, 0.25) is 0 Å². The molecule has 1 aromatic carbocycles. The van der Waals surface area contributed by atoms with Gasteiger partial charge >= 0.3 is 0 Å². The third-order valence-corrected chi connectivity index (χ3v) is 1.92. The Bertz CT molecular complexity index is 334. The fourth-order valence-electron chi connectivity index (χ4n) is 1.19. The average molecular weight is 181 g/mol. The predicted octanol–water partition coefficient (Wildman–Crippen LogP) is 2.05. The Morgan fingerprint density at radius 1 is 1.46 bits per heavy atom. The van der Waals surface area contributed by atoms with Crippen molar-refractivity contribution in [1.82, 2.24) is 0 Å². The van der Waals surface area contributed by atoms with Crippen LogP contribution in [0.3, 0.4) is 0 Å². The number of hydrogen-bond acceptors (Lipinski definition) is 1. The van der Waals surface area contributed by atoms with Gasteiger partial charge in [-0.15, -0.1) is 0 Å². The Balaban J connectivity index is 3.26. The lowest BCUT2D eigenvalue weighted by molar-refractivity contribution is 0.0996. The van der Waals surface area contributed by atoms with Gasteiger partial charge in [-0.1, -0.05) is 26.0 Å². The Morgan fingerprint density at radius 3 is 2.54 bits per heavy atom. The van der Waals surface area contributed by atoms with E-state index in [0.29, 0.717) is 5.56 Å². The van der Waals surface area contributed by atoms with Gasteiger partial charge in [-0.05, 0) is 17.5 Å². The molecule has 0 atom stereocenters. The fraction of sp³-hybridized carbons (Fsp3) is 0.300. The van der Waals surface area contributed by atoms with Crippen LogP contribution >= 0.6 is 0 Å². The number of primary amides is 1. The Kier molecular flexibility index (Phi) is 2.66. The number of amides is 1. The maximum absolute atomic E-state index is 13.5. The van der Waals surface area contributed by atoms with Crippen molar-refractivity contribution in [2.45, 2.75) is 19.8 Å². The van der Waals surface area contributed by atoms with Gasteiger partial charge in [-0.25, -0.2) is 4.39 Å². The summed E-state index contributed by atoms with van der Waals surface area (Å²) in [7, 11) is 0. The van der Waals surface area contributed by atoms with E-state index >= 15 is 0 Å². The predicted molar refractivity (Wildman–Crippen MR) is 49.0 cm³/mol. The average Bonchev–Trinajstić information content (AvgIpc) is 2.03. The Labute approximate surface area is 76.6 Å². The number of benzene rings is 1. The summed E-state index contributed by atoms with van der Waals surface area (Å²) in [5.74, 6) is -1.16. The molecular weight excluding hydrogens is 169 g/mol. The summed E-state index contributed by atoms with van der Waals surface area (Å²) in [5, 5.41) is 0. The number of carbonyl (C=O) groups excluding carboxylic acids is 1. The van der Waals surface area contributed by atoms with Gasteiger partial charge in [0.05, 0.1) is 5.56 Å². The van der Waals surface area contributed by atoms with Gasteiger partial charge in [-0.3, -0.25) is 4.79 Å². The number of rotatable bonds is 2. The first kappa shape index (κ1) is 9.71. The lowest BCUT2D eigenvalue weighted by atomic mass is 10.00. The molecule has 0 aliphatic rings. The minimum Gasteiger partial charge on any atom is -0.366 e. The molecule has 2 N–H and O–H groups in total. The highest BCUT2D eigenvalue weighted by Crippen LogP contribution is 2.20. The molecule has 0 bridgehead atoms. The van der Waals surface area contributed by atoms with Crippen molar-refractivity contribution < 1.29 is 9.18 Å². The van der Waals surface area contributed by atoms with Gasteiger partial charge < -0.3 is 5.73 Å². The van der Waals surface area contributed by atoms with Crippen LogP contribution < -0.4 is 5.73 Å². The zero-order valence-corrected chi connectivity index (χ0v) is 7.67. The molecule has 13 heavy (non-hydrogen) atoms. The standard InChI is InChI=1S/C10H12FNO/c1-6(2)7-4-3-5-8(9(7)11)10(12)13/h3-6H,1-2H3,(H2,12,13). The second kappa shape index (κ2) is 3.56. The third kappa shape index (κ3) is 1.86. The molecule has 1 rings (SSSR count). The first-order valence-corrected chi connectivity index (χ1v) is 4.12. The van der Waals surface area contributed by atoms with E-state index in [1.165, 1.54) is 6.07 Å². The topological polar surface area (TPSA) is 43.1 Å². The van der Waals surface area contributed by atoms with Crippen LogP contribution in [0.15, 0.2) is 18.2 Å². The Morgan fingerprint density at radius 2 is 2.08 bits per heavy atom. The minimum absolute atomic E-state index is 0.0359. The highest BCUT2D eigenvalue weighted by atomic mass is 19.1. The molecule has 0 unspecified atom stereocenters. The monoisotopic (exact) mass is 181 g/mol. The second-order valence-electron chi connectivity index (χ2n) is 3.23. The number of carbonyl (C=O) groups is 1. The van der Waals surface area contributed by atoms with Crippen molar-refractivity contribution in [2.75, 3.05) is 0 Å². The highest BCUT2D eigenvalue weighted by molar-refractivity contribution is 5.93. The molecule has 0 spiro atoms. The lowest BCUT2D eigenvalue weighted by Gasteiger charge is -2.08. The third-order valence-electron chi connectivity index (χ3n) is 1.92. The Hall–Kier alpha value is -1.38. The zero-order chi connectivity index (χ0) is 10.0. The second-order valence-corrected chi connectivity index (χ2v) is 3.23. The molecule has 1 aromatic rings. The van der Waals surface area contributed by atoms with Crippen LogP contribution in [-0.2, 0) is 0 Å². The molecule has 0 radical (unpaired) electrons. The molecule has 0 heterocycles. The van der Waals surface area contributed by atoms with Gasteiger partial charge in [0.1, 0.15) is 5.82 Å². The van der Waals surface area contributed by atoms with E-state index in [4.69, 9.17) is 5.73 Å². The van der Waals surface area contributed by atoms with E-state index in [1.54, 1.807) is 12.1 Å². The molecule has 0 saturated heterocycles. The summed E-state index contributed by atoms with van der Waals surface area (Å²) in [6.07, 6.45) is 0. The summed E-state index contributed by atoms with van der Waals surface area (Å²) in [5.41, 5.74) is 5.49. The molecule has 0 aliphatic carbocycles. The molecule has 0 aromatic heterocycles. The van der Waals surface area contributed by atoms with E-state index in [0.717, 1.165) is 0 Å². The molecule has 2 nitrogen and oxygen atoms in total. The summed E-state index contributed by atoms with van der Waals surface area (Å²) in [6, 6.07) is 4.69. The number of hydrogen-bond donors (Lipinski definition) is 1. The summed E-state index contributed by atoms with van der Waals surface area (Å²) in [6.45, 7) is 3.73. The summed E-state index contributed by atoms with van der Waals surface area (Å²) < 4.78 is 13.5. The van der Waals surface area contributed by atoms with Crippen LogP contribution in [0.2, 0.25) is 0 Å². The molecule has 70 valence electrons. The smallest absolute Gasteiger partial charge is 0.251 e. The first-order valence-electron chi connectivity index (χ1n) is 4.12. The van der Waals surface area contributed by atoms with E-state index < -0.39 is 11.7 Å². The molecule has 1 amide bonds. The van der Waals surface area contributed by atoms with Crippen LogP contribution in [-0.4, -0.2) is 5.91 Å².